The van der Waals surface area contributed by atoms with E-state index in [1.807, 2.05) is 12.1 Å². The highest BCUT2D eigenvalue weighted by atomic mass is 35.5. The molecule has 0 amide bonds. The second kappa shape index (κ2) is 9.59. The highest BCUT2D eigenvalue weighted by Crippen LogP contribution is 2.18. The first-order valence-corrected chi connectivity index (χ1v) is 10.3. The van der Waals surface area contributed by atoms with Crippen LogP contribution in [0.25, 0.3) is 0 Å². The Balaban J connectivity index is 1.82. The maximum atomic E-state index is 12.3. The highest BCUT2D eigenvalue weighted by Gasteiger charge is 2.13. The largest absolute Gasteiger partial charge is 0.482 e. The van der Waals surface area contributed by atoms with Crippen molar-refractivity contribution in [3.8, 4) is 5.75 Å². The van der Waals surface area contributed by atoms with Crippen LogP contribution in [-0.2, 0) is 25.8 Å². The van der Waals surface area contributed by atoms with Crippen LogP contribution in [0.4, 0.5) is 0 Å². The monoisotopic (exact) mass is 396 g/mol. The molecule has 0 aliphatic rings. The van der Waals surface area contributed by atoms with Crippen molar-refractivity contribution in [3.05, 3.63) is 59.1 Å². The fraction of sp³-hybridized carbons (Fsp3) is 0.316. The molecular formula is C19H21ClO5S. The minimum atomic E-state index is -3.31. The third-order valence-electron chi connectivity index (χ3n) is 3.64. The number of ether oxygens (including phenoxy) is 2. The molecule has 0 radical (unpaired) electrons. The van der Waals surface area contributed by atoms with Crippen LogP contribution < -0.4 is 4.74 Å². The number of sulfone groups is 1. The van der Waals surface area contributed by atoms with Gasteiger partial charge in [-0.25, -0.2) is 13.2 Å². The van der Waals surface area contributed by atoms with Gasteiger partial charge in [0.25, 0.3) is 0 Å². The lowest BCUT2D eigenvalue weighted by atomic mass is 10.1. The van der Waals surface area contributed by atoms with Crippen LogP contribution in [0.3, 0.4) is 0 Å². The van der Waals surface area contributed by atoms with Crippen molar-refractivity contribution in [1.82, 2.24) is 0 Å². The van der Waals surface area contributed by atoms with Gasteiger partial charge in [0, 0.05) is 5.02 Å². The molecule has 0 N–H and O–H groups in total. The maximum Gasteiger partial charge on any atom is 0.344 e. The van der Waals surface area contributed by atoms with E-state index in [1.165, 1.54) is 12.1 Å². The van der Waals surface area contributed by atoms with E-state index in [4.69, 9.17) is 21.1 Å². The first kappa shape index (κ1) is 20.3. The smallest absolute Gasteiger partial charge is 0.344 e. The van der Waals surface area contributed by atoms with E-state index in [9.17, 15) is 13.2 Å². The number of benzene rings is 2. The summed E-state index contributed by atoms with van der Waals surface area (Å²) in [5, 5.41) is 0.509. The molecule has 0 spiro atoms. The molecule has 0 saturated carbocycles. The number of rotatable bonds is 9. The summed E-state index contributed by atoms with van der Waals surface area (Å²) in [6.07, 6.45) is 1.14. The fourth-order valence-corrected chi connectivity index (χ4v) is 3.76. The zero-order valence-corrected chi connectivity index (χ0v) is 16.1. The van der Waals surface area contributed by atoms with Crippen LogP contribution >= 0.6 is 11.6 Å². The van der Waals surface area contributed by atoms with Crippen molar-refractivity contribution in [2.75, 3.05) is 19.0 Å². The van der Waals surface area contributed by atoms with E-state index in [0.29, 0.717) is 30.2 Å². The standard InChI is InChI=1S/C19H21ClO5S/c1-2-24-19(21)14-25-17-9-5-15(6-10-17)4-3-13-26(22,23)18-11-7-16(20)8-12-18/h5-12H,2-4,13-14H2,1H3. The average Bonchev–Trinajstić information content (AvgIpc) is 2.61. The minimum absolute atomic E-state index is 0.0652. The number of carbonyl (C=O) groups excluding carboxylic acids is 1. The van der Waals surface area contributed by atoms with E-state index in [2.05, 4.69) is 0 Å². The van der Waals surface area contributed by atoms with Crippen molar-refractivity contribution in [2.45, 2.75) is 24.7 Å². The van der Waals surface area contributed by atoms with E-state index >= 15 is 0 Å². The number of carbonyl (C=O) groups is 1. The lowest BCUT2D eigenvalue weighted by molar-refractivity contribution is -0.145. The second-order valence-electron chi connectivity index (χ2n) is 5.61. The quantitative estimate of drug-likeness (QED) is 0.604. The molecule has 2 rings (SSSR count). The van der Waals surface area contributed by atoms with Crippen LogP contribution in [0, 0.1) is 0 Å². The van der Waals surface area contributed by atoms with Crippen LogP contribution in [0.5, 0.6) is 5.75 Å². The van der Waals surface area contributed by atoms with Crippen LogP contribution in [-0.4, -0.2) is 33.4 Å². The Morgan fingerprint density at radius 3 is 2.31 bits per heavy atom. The molecule has 0 aliphatic heterocycles. The van der Waals surface area contributed by atoms with Crippen molar-refractivity contribution >= 4 is 27.4 Å². The molecule has 26 heavy (non-hydrogen) atoms. The summed E-state index contributed by atoms with van der Waals surface area (Å²) >= 11 is 5.78. The van der Waals surface area contributed by atoms with Crippen molar-refractivity contribution < 1.29 is 22.7 Å². The van der Waals surface area contributed by atoms with Crippen LogP contribution in [0.1, 0.15) is 18.9 Å². The summed E-state index contributed by atoms with van der Waals surface area (Å²) in [7, 11) is -3.31. The van der Waals surface area contributed by atoms with Crippen LogP contribution in [0.15, 0.2) is 53.4 Å². The Labute approximate surface area is 158 Å². The first-order valence-electron chi connectivity index (χ1n) is 8.26. The van der Waals surface area contributed by atoms with Gasteiger partial charge in [0.1, 0.15) is 5.75 Å². The topological polar surface area (TPSA) is 69.7 Å². The number of esters is 1. The summed E-state index contributed by atoms with van der Waals surface area (Å²) in [5.41, 5.74) is 1.000. The maximum absolute atomic E-state index is 12.3. The zero-order chi connectivity index (χ0) is 19.0. The summed E-state index contributed by atoms with van der Waals surface area (Å²) in [6.45, 7) is 1.92. The van der Waals surface area contributed by atoms with Gasteiger partial charge >= 0.3 is 5.97 Å². The number of aryl methyl sites for hydroxylation is 1. The molecule has 0 aromatic heterocycles. The van der Waals surface area contributed by atoms with Gasteiger partial charge in [0.15, 0.2) is 16.4 Å². The zero-order valence-electron chi connectivity index (χ0n) is 14.5. The molecule has 0 atom stereocenters. The van der Waals surface area contributed by atoms with Gasteiger partial charge < -0.3 is 9.47 Å². The Morgan fingerprint density at radius 1 is 1.04 bits per heavy atom. The van der Waals surface area contributed by atoms with Crippen molar-refractivity contribution in [1.29, 1.82) is 0 Å². The number of halogens is 1. The predicted molar refractivity (Wildman–Crippen MR) is 100 cm³/mol. The molecule has 0 bridgehead atoms. The Hall–Kier alpha value is -2.05. The molecule has 0 aliphatic carbocycles. The summed E-state index contributed by atoms with van der Waals surface area (Å²) < 4.78 is 34.7. The Morgan fingerprint density at radius 2 is 1.69 bits per heavy atom. The van der Waals surface area contributed by atoms with Gasteiger partial charge in [0.05, 0.1) is 17.3 Å². The fourth-order valence-electron chi connectivity index (χ4n) is 2.32. The van der Waals surface area contributed by atoms with E-state index in [-0.39, 0.29) is 17.3 Å². The number of hydrogen-bond acceptors (Lipinski definition) is 5. The molecule has 0 heterocycles. The molecule has 0 fully saturated rings. The third-order valence-corrected chi connectivity index (χ3v) is 5.71. The molecule has 2 aromatic carbocycles. The molecule has 2 aromatic rings. The first-order chi connectivity index (χ1) is 12.4. The normalized spacial score (nSPS) is 11.2. The molecule has 0 unspecified atom stereocenters. The summed E-state index contributed by atoms with van der Waals surface area (Å²) in [5.74, 6) is 0.218. The average molecular weight is 397 g/mol. The lowest BCUT2D eigenvalue weighted by Crippen LogP contribution is -2.14. The molecule has 7 heteroatoms. The summed E-state index contributed by atoms with van der Waals surface area (Å²) in [4.78, 5) is 11.5. The molecule has 5 nitrogen and oxygen atoms in total. The van der Waals surface area contributed by atoms with Gasteiger partial charge in [-0.3, -0.25) is 0 Å². The second-order valence-corrected chi connectivity index (χ2v) is 8.16. The van der Waals surface area contributed by atoms with Gasteiger partial charge in [-0.05, 0) is 61.7 Å². The van der Waals surface area contributed by atoms with Crippen LogP contribution in [0.2, 0.25) is 5.02 Å². The SMILES string of the molecule is CCOC(=O)COc1ccc(CCCS(=O)(=O)c2ccc(Cl)cc2)cc1. The van der Waals surface area contributed by atoms with Gasteiger partial charge in [-0.15, -0.1) is 0 Å². The minimum Gasteiger partial charge on any atom is -0.482 e. The Kier molecular flexibility index (Phi) is 7.48. The van der Waals surface area contributed by atoms with Gasteiger partial charge in [-0.2, -0.15) is 0 Å². The predicted octanol–water partition coefficient (Wildman–Crippen LogP) is 3.69. The summed E-state index contributed by atoms with van der Waals surface area (Å²) in [6, 6.07) is 13.4. The van der Waals surface area contributed by atoms with E-state index in [1.54, 1.807) is 31.2 Å². The lowest BCUT2D eigenvalue weighted by Gasteiger charge is -2.07. The molecule has 0 saturated heterocycles. The van der Waals surface area contributed by atoms with Gasteiger partial charge in [-0.1, -0.05) is 23.7 Å². The van der Waals surface area contributed by atoms with Crippen molar-refractivity contribution in [3.63, 3.8) is 0 Å². The van der Waals surface area contributed by atoms with E-state index < -0.39 is 15.8 Å². The highest BCUT2D eigenvalue weighted by molar-refractivity contribution is 7.91. The van der Waals surface area contributed by atoms with E-state index in [0.717, 1.165) is 5.56 Å². The molecular weight excluding hydrogens is 376 g/mol. The third kappa shape index (κ3) is 6.35. The van der Waals surface area contributed by atoms with Crippen molar-refractivity contribution in [2.24, 2.45) is 0 Å². The molecule has 140 valence electrons. The van der Waals surface area contributed by atoms with Gasteiger partial charge in [0.2, 0.25) is 0 Å². The Bertz CT molecular complexity index is 814. The number of hydrogen-bond donors (Lipinski definition) is 0.